The van der Waals surface area contributed by atoms with Crippen molar-refractivity contribution in [1.82, 2.24) is 0 Å². The Bertz CT molecular complexity index is 434. The van der Waals surface area contributed by atoms with E-state index < -0.39 is 12.5 Å². The summed E-state index contributed by atoms with van der Waals surface area (Å²) < 4.78 is 45.3. The van der Waals surface area contributed by atoms with Crippen LogP contribution >= 0.6 is 0 Å². The molecule has 0 amide bonds. The molecule has 1 aromatic carbocycles. The molecule has 1 unspecified atom stereocenters. The third-order valence-electron chi connectivity index (χ3n) is 2.81. The quantitative estimate of drug-likeness (QED) is 0.730. The zero-order valence-electron chi connectivity index (χ0n) is 12.1. The lowest BCUT2D eigenvalue weighted by Crippen LogP contribution is -2.26. The average Bonchev–Trinajstić information content (AvgIpc) is 2.39. The minimum absolute atomic E-state index is 0.0665. The molecule has 0 aliphatic rings. The van der Waals surface area contributed by atoms with Crippen molar-refractivity contribution >= 4 is 5.78 Å². The summed E-state index contributed by atoms with van der Waals surface area (Å²) in [5.41, 5.74) is 0.635. The summed E-state index contributed by atoms with van der Waals surface area (Å²) in [5, 5.41) is 0. The molecule has 0 spiro atoms. The van der Waals surface area contributed by atoms with Gasteiger partial charge < -0.3 is 9.47 Å². The number of benzene rings is 1. The van der Waals surface area contributed by atoms with Crippen molar-refractivity contribution in [3.05, 3.63) is 29.8 Å². The van der Waals surface area contributed by atoms with Crippen LogP contribution in [-0.4, -0.2) is 24.9 Å². The fourth-order valence-corrected chi connectivity index (χ4v) is 1.92. The zero-order chi connectivity index (χ0) is 15.9. The summed E-state index contributed by atoms with van der Waals surface area (Å²) in [4.78, 5) is 12.1. The molecule has 0 heterocycles. The van der Waals surface area contributed by atoms with Crippen LogP contribution in [0.3, 0.4) is 0 Å². The Balaban J connectivity index is 2.63. The van der Waals surface area contributed by atoms with Crippen LogP contribution < -0.4 is 4.74 Å². The number of carbonyl (C=O) groups is 1. The summed E-state index contributed by atoms with van der Waals surface area (Å²) >= 11 is 0. The number of Topliss-reactive ketones (excluding diaryl/α,β-unsaturated/α-hetero) is 1. The zero-order valence-corrected chi connectivity index (χ0v) is 12.1. The first kappa shape index (κ1) is 17.5. The van der Waals surface area contributed by atoms with E-state index in [2.05, 4.69) is 4.74 Å². The fraction of sp³-hybridized carbons (Fsp3) is 0.533. The van der Waals surface area contributed by atoms with Crippen LogP contribution in [0.25, 0.3) is 0 Å². The van der Waals surface area contributed by atoms with E-state index in [1.54, 1.807) is 0 Å². The number of halogens is 3. The van der Waals surface area contributed by atoms with Crippen molar-refractivity contribution in [2.24, 2.45) is 0 Å². The molecule has 0 N–H and O–H groups in total. The van der Waals surface area contributed by atoms with Crippen LogP contribution in [0.15, 0.2) is 24.3 Å². The Kier molecular flexibility index (Phi) is 6.68. The van der Waals surface area contributed by atoms with Gasteiger partial charge in [0.05, 0.1) is 0 Å². The van der Waals surface area contributed by atoms with Gasteiger partial charge >= 0.3 is 6.36 Å². The number of hydrogen-bond donors (Lipinski definition) is 0. The molecule has 3 nitrogen and oxygen atoms in total. The second-order valence-corrected chi connectivity index (χ2v) is 4.57. The van der Waals surface area contributed by atoms with Gasteiger partial charge in [-0.25, -0.2) is 0 Å². The molecule has 6 heteroatoms. The van der Waals surface area contributed by atoms with Crippen LogP contribution in [0.2, 0.25) is 0 Å². The molecule has 1 aromatic rings. The van der Waals surface area contributed by atoms with Gasteiger partial charge in [-0.3, -0.25) is 4.79 Å². The van der Waals surface area contributed by atoms with Crippen LogP contribution in [-0.2, 0) is 16.0 Å². The first-order chi connectivity index (χ1) is 9.85. The van der Waals surface area contributed by atoms with Gasteiger partial charge in [-0.15, -0.1) is 13.2 Å². The number of carbonyl (C=O) groups excluding carboxylic acids is 1. The van der Waals surface area contributed by atoms with Crippen molar-refractivity contribution in [3.8, 4) is 5.75 Å². The van der Waals surface area contributed by atoms with Gasteiger partial charge in [0.15, 0.2) is 5.78 Å². The molecular formula is C15H19F3O3. The molecule has 0 saturated carbocycles. The average molecular weight is 304 g/mol. The van der Waals surface area contributed by atoms with Gasteiger partial charge in [-0.2, -0.15) is 0 Å². The molecule has 1 atom stereocenters. The fourth-order valence-electron chi connectivity index (χ4n) is 1.92. The van der Waals surface area contributed by atoms with E-state index in [1.807, 2.05) is 13.8 Å². The molecule has 0 aliphatic heterocycles. The van der Waals surface area contributed by atoms with E-state index in [1.165, 1.54) is 24.3 Å². The lowest BCUT2D eigenvalue weighted by Gasteiger charge is -2.15. The Labute approximate surface area is 122 Å². The SMILES string of the molecule is CCCC(OCC)C(=O)Cc1ccc(OC(F)(F)F)cc1. The monoisotopic (exact) mass is 304 g/mol. The number of hydrogen-bond acceptors (Lipinski definition) is 3. The minimum atomic E-state index is -4.71. The Morgan fingerprint density at radius 2 is 1.81 bits per heavy atom. The third kappa shape index (κ3) is 6.62. The molecular weight excluding hydrogens is 285 g/mol. The minimum Gasteiger partial charge on any atom is -0.406 e. The maximum Gasteiger partial charge on any atom is 0.573 e. The lowest BCUT2D eigenvalue weighted by atomic mass is 10.0. The summed E-state index contributed by atoms with van der Waals surface area (Å²) in [6.07, 6.45) is -3.56. The van der Waals surface area contributed by atoms with Crippen molar-refractivity contribution < 1.29 is 27.4 Å². The highest BCUT2D eigenvalue weighted by molar-refractivity contribution is 5.85. The molecule has 118 valence electrons. The maximum absolute atomic E-state index is 12.1. The normalized spacial score (nSPS) is 13.0. The lowest BCUT2D eigenvalue weighted by molar-refractivity contribution is -0.274. The summed E-state index contributed by atoms with van der Waals surface area (Å²) in [6, 6.07) is 5.30. The molecule has 0 aromatic heterocycles. The standard InChI is InChI=1S/C15H19F3O3/c1-3-5-14(20-4-2)13(19)10-11-6-8-12(9-7-11)21-15(16,17)18/h6-9,14H,3-5,10H2,1-2H3. The predicted octanol–water partition coefficient (Wildman–Crippen LogP) is 3.90. The molecule has 1 rings (SSSR count). The second-order valence-electron chi connectivity index (χ2n) is 4.57. The van der Waals surface area contributed by atoms with Gasteiger partial charge in [0.1, 0.15) is 11.9 Å². The van der Waals surface area contributed by atoms with Crippen LogP contribution in [0, 0.1) is 0 Å². The van der Waals surface area contributed by atoms with Crippen molar-refractivity contribution in [2.45, 2.75) is 45.6 Å². The number of alkyl halides is 3. The van der Waals surface area contributed by atoms with Crippen molar-refractivity contribution in [2.75, 3.05) is 6.61 Å². The van der Waals surface area contributed by atoms with Gasteiger partial charge in [-0.1, -0.05) is 25.5 Å². The maximum atomic E-state index is 12.1. The van der Waals surface area contributed by atoms with E-state index in [0.29, 0.717) is 18.6 Å². The molecule has 0 radical (unpaired) electrons. The van der Waals surface area contributed by atoms with Crippen LogP contribution in [0.1, 0.15) is 32.3 Å². The van der Waals surface area contributed by atoms with Gasteiger partial charge in [-0.05, 0) is 31.0 Å². The highest BCUT2D eigenvalue weighted by atomic mass is 19.4. The second kappa shape index (κ2) is 8.02. The highest BCUT2D eigenvalue weighted by Crippen LogP contribution is 2.23. The summed E-state index contributed by atoms with van der Waals surface area (Å²) in [7, 11) is 0. The molecule has 0 saturated heterocycles. The topological polar surface area (TPSA) is 35.5 Å². The summed E-state index contributed by atoms with van der Waals surface area (Å²) in [6.45, 7) is 4.23. The van der Waals surface area contributed by atoms with Crippen LogP contribution in [0.5, 0.6) is 5.75 Å². The van der Waals surface area contributed by atoms with E-state index in [9.17, 15) is 18.0 Å². The Morgan fingerprint density at radius 1 is 1.19 bits per heavy atom. The largest absolute Gasteiger partial charge is 0.573 e. The van der Waals surface area contributed by atoms with Crippen molar-refractivity contribution in [1.29, 1.82) is 0 Å². The third-order valence-corrected chi connectivity index (χ3v) is 2.81. The van der Waals surface area contributed by atoms with Gasteiger partial charge in [0.25, 0.3) is 0 Å². The molecule has 0 fully saturated rings. The molecule has 21 heavy (non-hydrogen) atoms. The number of rotatable bonds is 8. The Morgan fingerprint density at radius 3 is 2.29 bits per heavy atom. The summed E-state index contributed by atoms with van der Waals surface area (Å²) in [5.74, 6) is -0.364. The smallest absolute Gasteiger partial charge is 0.406 e. The number of ketones is 1. The van der Waals surface area contributed by atoms with E-state index in [0.717, 1.165) is 6.42 Å². The predicted molar refractivity (Wildman–Crippen MR) is 72.2 cm³/mol. The Hall–Kier alpha value is -1.56. The van der Waals surface area contributed by atoms with E-state index >= 15 is 0 Å². The first-order valence-corrected chi connectivity index (χ1v) is 6.84. The number of ether oxygens (including phenoxy) is 2. The van der Waals surface area contributed by atoms with Crippen molar-refractivity contribution in [3.63, 3.8) is 0 Å². The van der Waals surface area contributed by atoms with Gasteiger partial charge in [0.2, 0.25) is 0 Å². The van der Waals surface area contributed by atoms with E-state index in [4.69, 9.17) is 4.74 Å². The highest BCUT2D eigenvalue weighted by Gasteiger charge is 2.31. The molecule has 0 bridgehead atoms. The van der Waals surface area contributed by atoms with E-state index in [-0.39, 0.29) is 18.0 Å². The first-order valence-electron chi connectivity index (χ1n) is 6.84. The van der Waals surface area contributed by atoms with Crippen LogP contribution in [0.4, 0.5) is 13.2 Å². The molecule has 0 aliphatic carbocycles. The van der Waals surface area contributed by atoms with Gasteiger partial charge in [0, 0.05) is 13.0 Å².